The van der Waals surface area contributed by atoms with E-state index in [2.05, 4.69) is 15.2 Å². The molecule has 1 amide bonds. The molecule has 34 heavy (non-hydrogen) atoms. The van der Waals surface area contributed by atoms with Gasteiger partial charge in [-0.05, 0) is 43.2 Å². The fourth-order valence-corrected chi connectivity index (χ4v) is 7.48. The molecule has 2 aliphatic heterocycles. The summed E-state index contributed by atoms with van der Waals surface area (Å²) in [6.45, 7) is 3.21. The number of rotatable bonds is 7. The van der Waals surface area contributed by atoms with Crippen LogP contribution in [0.1, 0.15) is 12.8 Å². The van der Waals surface area contributed by atoms with Crippen molar-refractivity contribution in [3.63, 3.8) is 0 Å². The lowest BCUT2D eigenvalue weighted by molar-refractivity contribution is -0.113. The number of carbonyl (C=O) groups is 1. The largest absolute Gasteiger partial charge is 0.379 e. The second kappa shape index (κ2) is 10.2. The molecule has 11 heteroatoms. The van der Waals surface area contributed by atoms with Crippen molar-refractivity contribution < 1.29 is 17.9 Å². The van der Waals surface area contributed by atoms with Crippen molar-refractivity contribution in [3.05, 3.63) is 42.5 Å². The minimum absolute atomic E-state index is 0.187. The molecule has 0 spiro atoms. The Balaban J connectivity index is 1.35. The number of hydrogen-bond donors (Lipinski definition) is 1. The van der Waals surface area contributed by atoms with Crippen LogP contribution in [0.5, 0.6) is 0 Å². The second-order valence-corrected chi connectivity index (χ2v) is 12.4. The van der Waals surface area contributed by atoms with E-state index in [0.29, 0.717) is 32.0 Å². The van der Waals surface area contributed by atoms with Gasteiger partial charge in [0, 0.05) is 26.2 Å². The van der Waals surface area contributed by atoms with Gasteiger partial charge in [-0.25, -0.2) is 13.4 Å². The number of thioether (sulfide) groups is 1. The van der Waals surface area contributed by atoms with Gasteiger partial charge in [0.2, 0.25) is 15.9 Å². The molecule has 2 aromatic carbocycles. The molecule has 0 radical (unpaired) electrons. The van der Waals surface area contributed by atoms with Crippen LogP contribution >= 0.6 is 23.1 Å². The average Bonchev–Trinajstić information content (AvgIpc) is 3.53. The van der Waals surface area contributed by atoms with E-state index in [4.69, 9.17) is 4.74 Å². The van der Waals surface area contributed by atoms with Crippen molar-refractivity contribution in [2.75, 3.05) is 55.4 Å². The molecule has 0 aliphatic carbocycles. The molecule has 0 unspecified atom stereocenters. The summed E-state index contributed by atoms with van der Waals surface area (Å²) in [5.74, 6) is 0.00491. The number of carbonyl (C=O) groups excluding carboxylic acids is 1. The zero-order chi connectivity index (χ0) is 23.5. The van der Waals surface area contributed by atoms with Gasteiger partial charge < -0.3 is 15.0 Å². The van der Waals surface area contributed by atoms with E-state index in [1.54, 1.807) is 23.5 Å². The second-order valence-electron chi connectivity index (χ2n) is 8.17. The number of para-hydroxylation sites is 1. The first kappa shape index (κ1) is 23.6. The Bertz CT molecular complexity index is 1250. The summed E-state index contributed by atoms with van der Waals surface area (Å²) in [5.41, 5.74) is 2.32. The highest BCUT2D eigenvalue weighted by atomic mass is 32.2. The van der Waals surface area contributed by atoms with Crippen molar-refractivity contribution in [1.82, 2.24) is 9.29 Å². The summed E-state index contributed by atoms with van der Waals surface area (Å²) >= 11 is 2.94. The summed E-state index contributed by atoms with van der Waals surface area (Å²) in [6.07, 6.45) is 2.16. The summed E-state index contributed by atoms with van der Waals surface area (Å²) < 4.78 is 35.0. The van der Waals surface area contributed by atoms with Gasteiger partial charge in [0.15, 0.2) is 4.34 Å². The zero-order valence-corrected chi connectivity index (χ0v) is 21.1. The van der Waals surface area contributed by atoms with Crippen LogP contribution in [0.4, 0.5) is 11.4 Å². The van der Waals surface area contributed by atoms with Crippen LogP contribution in [0.3, 0.4) is 0 Å². The average molecular weight is 519 g/mol. The van der Waals surface area contributed by atoms with Gasteiger partial charge >= 0.3 is 0 Å². The number of hydrogen-bond acceptors (Lipinski definition) is 8. The van der Waals surface area contributed by atoms with E-state index >= 15 is 0 Å². The smallest absolute Gasteiger partial charge is 0.243 e. The number of fused-ring (bicyclic) bond motifs is 1. The summed E-state index contributed by atoms with van der Waals surface area (Å²) in [4.78, 5) is 19.8. The van der Waals surface area contributed by atoms with Crippen molar-refractivity contribution in [3.8, 4) is 0 Å². The number of benzene rings is 2. The third kappa shape index (κ3) is 5.08. The quantitative estimate of drug-likeness (QED) is 0.478. The highest BCUT2D eigenvalue weighted by molar-refractivity contribution is 8.01. The van der Waals surface area contributed by atoms with Crippen LogP contribution < -0.4 is 10.2 Å². The standard InChI is InChI=1S/C23H26N4O4S3/c28-22(16-32-23-25-18-5-1-2-6-21(18)33-23)24-19-15-17(7-8-20(19)26-9-3-4-10-26)34(29,30)27-11-13-31-14-12-27/h1-2,5-8,15H,3-4,9-14,16H2,(H,24,28). The van der Waals surface area contributed by atoms with Gasteiger partial charge in [-0.2, -0.15) is 4.31 Å². The SMILES string of the molecule is O=C(CSc1nc2ccccc2s1)Nc1cc(S(=O)(=O)N2CCOCC2)ccc1N1CCCC1. The molecule has 180 valence electrons. The molecule has 1 aromatic heterocycles. The van der Waals surface area contributed by atoms with Gasteiger partial charge in [-0.15, -0.1) is 11.3 Å². The maximum atomic E-state index is 13.2. The highest BCUT2D eigenvalue weighted by Crippen LogP contribution is 2.33. The molecular formula is C23H26N4O4S3. The van der Waals surface area contributed by atoms with E-state index in [0.717, 1.165) is 46.2 Å². The third-order valence-corrected chi connectivity index (χ3v) is 9.97. The number of thiazole rings is 1. The van der Waals surface area contributed by atoms with Crippen LogP contribution in [-0.2, 0) is 19.6 Å². The summed E-state index contributed by atoms with van der Waals surface area (Å²) in [7, 11) is -3.66. The van der Waals surface area contributed by atoms with Crippen molar-refractivity contribution in [1.29, 1.82) is 0 Å². The molecule has 2 aliphatic rings. The monoisotopic (exact) mass is 518 g/mol. The molecule has 0 bridgehead atoms. The van der Waals surface area contributed by atoms with Crippen LogP contribution in [0.2, 0.25) is 0 Å². The lowest BCUT2D eigenvalue weighted by Gasteiger charge is -2.27. The molecule has 2 saturated heterocycles. The van der Waals surface area contributed by atoms with Crippen LogP contribution in [-0.4, -0.2) is 68.8 Å². The normalized spacial score (nSPS) is 17.4. The number of ether oxygens (including phenoxy) is 1. The Morgan fingerprint density at radius 2 is 1.85 bits per heavy atom. The predicted octanol–water partition coefficient (Wildman–Crippen LogP) is 3.65. The predicted molar refractivity (Wildman–Crippen MR) is 136 cm³/mol. The Kier molecular flexibility index (Phi) is 7.07. The lowest BCUT2D eigenvalue weighted by Crippen LogP contribution is -2.40. The Morgan fingerprint density at radius 3 is 2.62 bits per heavy atom. The maximum absolute atomic E-state index is 13.2. The van der Waals surface area contributed by atoms with Gasteiger partial charge in [-0.3, -0.25) is 4.79 Å². The summed E-state index contributed by atoms with van der Waals surface area (Å²) in [6, 6.07) is 12.9. The molecule has 3 aromatic rings. The first-order valence-electron chi connectivity index (χ1n) is 11.3. The first-order chi connectivity index (χ1) is 16.5. The highest BCUT2D eigenvalue weighted by Gasteiger charge is 2.28. The van der Waals surface area contributed by atoms with Gasteiger partial charge in [0.05, 0.1) is 45.5 Å². The minimum Gasteiger partial charge on any atom is -0.379 e. The van der Waals surface area contributed by atoms with Crippen LogP contribution in [0, 0.1) is 0 Å². The van der Waals surface area contributed by atoms with Gasteiger partial charge in [0.1, 0.15) is 0 Å². The van der Waals surface area contributed by atoms with Gasteiger partial charge in [-0.1, -0.05) is 23.9 Å². The topological polar surface area (TPSA) is 91.8 Å². The van der Waals surface area contributed by atoms with E-state index in [9.17, 15) is 13.2 Å². The maximum Gasteiger partial charge on any atom is 0.243 e. The molecule has 2 fully saturated rings. The van der Waals surface area contributed by atoms with Crippen molar-refractivity contribution >= 4 is 60.6 Å². The van der Waals surface area contributed by atoms with Crippen molar-refractivity contribution in [2.45, 2.75) is 22.1 Å². The number of aromatic nitrogens is 1. The summed E-state index contributed by atoms with van der Waals surface area (Å²) in [5, 5.41) is 2.97. The lowest BCUT2D eigenvalue weighted by atomic mass is 10.2. The Labute approximate surface area is 207 Å². The zero-order valence-electron chi connectivity index (χ0n) is 18.6. The molecule has 5 rings (SSSR count). The number of sulfonamides is 1. The Morgan fingerprint density at radius 1 is 1.09 bits per heavy atom. The number of amides is 1. The molecule has 3 heterocycles. The van der Waals surface area contributed by atoms with Crippen LogP contribution in [0.15, 0.2) is 51.7 Å². The molecule has 1 N–H and O–H groups in total. The Hall–Kier alpha value is -2.18. The van der Waals surface area contributed by atoms with Gasteiger partial charge in [0.25, 0.3) is 0 Å². The third-order valence-electron chi connectivity index (χ3n) is 5.90. The van der Waals surface area contributed by atoms with Crippen molar-refractivity contribution in [2.24, 2.45) is 0 Å². The fraction of sp³-hybridized carbons (Fsp3) is 0.391. The molecular weight excluding hydrogens is 492 g/mol. The number of nitrogens with one attached hydrogen (secondary N) is 1. The van der Waals surface area contributed by atoms with E-state index < -0.39 is 10.0 Å². The minimum atomic E-state index is -3.66. The van der Waals surface area contributed by atoms with E-state index in [-0.39, 0.29) is 16.6 Å². The van der Waals surface area contributed by atoms with E-state index in [1.165, 1.54) is 16.1 Å². The molecule has 0 saturated carbocycles. The van der Waals surface area contributed by atoms with E-state index in [1.807, 2.05) is 30.3 Å². The fourth-order valence-electron chi connectivity index (χ4n) is 4.17. The number of anilines is 2. The first-order valence-corrected chi connectivity index (χ1v) is 14.5. The molecule has 0 atom stereocenters. The van der Waals surface area contributed by atoms with Crippen LogP contribution in [0.25, 0.3) is 10.2 Å². The number of nitrogens with zero attached hydrogens (tertiary/aromatic N) is 3. The molecule has 8 nitrogen and oxygen atoms in total. The number of morpholine rings is 1.